The zero-order chi connectivity index (χ0) is 30.5. The van der Waals surface area contributed by atoms with Gasteiger partial charge in [0.05, 0.1) is 5.69 Å². The van der Waals surface area contributed by atoms with Gasteiger partial charge in [0.15, 0.2) is 0 Å². The fourth-order valence-electron chi connectivity index (χ4n) is 6.89. The molecule has 0 saturated carbocycles. The van der Waals surface area contributed by atoms with E-state index in [2.05, 4.69) is 181 Å². The molecule has 0 aliphatic rings. The number of fused-ring (bicyclic) bond motifs is 6. The monoisotopic (exact) mass is 603 g/mol. The molecular formula is C44H29NS. The van der Waals surface area contributed by atoms with Crippen molar-refractivity contribution in [3.8, 4) is 22.3 Å². The number of anilines is 3. The third kappa shape index (κ3) is 4.46. The largest absolute Gasteiger partial charge is 0.310 e. The van der Waals surface area contributed by atoms with Gasteiger partial charge in [-0.15, -0.1) is 11.3 Å². The molecule has 1 nitrogen and oxygen atoms in total. The molecule has 46 heavy (non-hydrogen) atoms. The van der Waals surface area contributed by atoms with Crippen LogP contribution in [-0.2, 0) is 0 Å². The SMILES string of the molecule is c1ccc(-c2cccc(N(c3cccc(-c4cccc5c4sc4ccccc45)c3)c3cc4ccccc4c4ccccc34)c2)cc1. The van der Waals surface area contributed by atoms with E-state index in [0.29, 0.717) is 0 Å². The van der Waals surface area contributed by atoms with Crippen LogP contribution in [0.5, 0.6) is 0 Å². The van der Waals surface area contributed by atoms with Gasteiger partial charge in [0, 0.05) is 36.9 Å². The molecule has 0 fully saturated rings. The number of thiophene rings is 1. The Morgan fingerprint density at radius 1 is 0.370 bits per heavy atom. The lowest BCUT2D eigenvalue weighted by Crippen LogP contribution is -2.11. The first kappa shape index (κ1) is 26.7. The van der Waals surface area contributed by atoms with Crippen LogP contribution in [-0.4, -0.2) is 0 Å². The summed E-state index contributed by atoms with van der Waals surface area (Å²) in [4.78, 5) is 2.44. The predicted octanol–water partition coefficient (Wildman–Crippen LogP) is 13.2. The molecule has 9 rings (SSSR count). The summed E-state index contributed by atoms with van der Waals surface area (Å²) in [5.41, 5.74) is 8.29. The highest BCUT2D eigenvalue weighted by molar-refractivity contribution is 7.26. The second-order valence-electron chi connectivity index (χ2n) is 11.7. The van der Waals surface area contributed by atoms with Gasteiger partial charge in [-0.2, -0.15) is 0 Å². The molecule has 0 radical (unpaired) electrons. The Morgan fingerprint density at radius 3 is 1.78 bits per heavy atom. The van der Waals surface area contributed by atoms with E-state index in [1.807, 2.05) is 11.3 Å². The van der Waals surface area contributed by atoms with Gasteiger partial charge < -0.3 is 4.90 Å². The van der Waals surface area contributed by atoms with Gasteiger partial charge in [-0.3, -0.25) is 0 Å². The van der Waals surface area contributed by atoms with Crippen LogP contribution in [0.25, 0.3) is 64.0 Å². The topological polar surface area (TPSA) is 3.24 Å². The van der Waals surface area contributed by atoms with Crippen LogP contribution in [0.3, 0.4) is 0 Å². The van der Waals surface area contributed by atoms with E-state index in [9.17, 15) is 0 Å². The van der Waals surface area contributed by atoms with Crippen LogP contribution in [0.15, 0.2) is 176 Å². The fourth-order valence-corrected chi connectivity index (χ4v) is 8.13. The van der Waals surface area contributed by atoms with Crippen molar-refractivity contribution in [2.24, 2.45) is 0 Å². The summed E-state index contributed by atoms with van der Waals surface area (Å²) < 4.78 is 2.65. The highest BCUT2D eigenvalue weighted by atomic mass is 32.1. The normalized spacial score (nSPS) is 11.5. The van der Waals surface area contributed by atoms with Crippen LogP contribution in [0, 0.1) is 0 Å². The van der Waals surface area contributed by atoms with Gasteiger partial charge in [-0.25, -0.2) is 0 Å². The fraction of sp³-hybridized carbons (Fsp3) is 0. The van der Waals surface area contributed by atoms with E-state index in [0.717, 1.165) is 17.1 Å². The van der Waals surface area contributed by atoms with Gasteiger partial charge in [0.1, 0.15) is 0 Å². The number of rotatable bonds is 5. The lowest BCUT2D eigenvalue weighted by molar-refractivity contribution is 1.30. The molecule has 2 heteroatoms. The molecule has 0 atom stereocenters. The van der Waals surface area contributed by atoms with Gasteiger partial charge in [0.25, 0.3) is 0 Å². The minimum atomic E-state index is 1.12. The van der Waals surface area contributed by atoms with Gasteiger partial charge in [0.2, 0.25) is 0 Å². The zero-order valence-corrected chi connectivity index (χ0v) is 25.9. The molecule has 216 valence electrons. The van der Waals surface area contributed by atoms with Crippen molar-refractivity contribution in [2.45, 2.75) is 0 Å². The average Bonchev–Trinajstić information content (AvgIpc) is 3.52. The van der Waals surface area contributed by atoms with Crippen molar-refractivity contribution < 1.29 is 0 Å². The van der Waals surface area contributed by atoms with Crippen molar-refractivity contribution >= 4 is 70.1 Å². The molecule has 0 amide bonds. The molecule has 0 unspecified atom stereocenters. The Labute approximate surface area is 272 Å². The second-order valence-corrected chi connectivity index (χ2v) is 12.8. The first-order valence-corrected chi connectivity index (χ1v) is 16.5. The van der Waals surface area contributed by atoms with Gasteiger partial charge in [-0.05, 0) is 74.8 Å². The maximum absolute atomic E-state index is 2.44. The maximum Gasteiger partial charge on any atom is 0.0546 e. The second kappa shape index (κ2) is 11.0. The summed E-state index contributed by atoms with van der Waals surface area (Å²) in [7, 11) is 0. The first-order chi connectivity index (χ1) is 22.8. The molecule has 9 aromatic rings. The van der Waals surface area contributed by atoms with Crippen molar-refractivity contribution in [1.29, 1.82) is 0 Å². The minimum Gasteiger partial charge on any atom is -0.310 e. The van der Waals surface area contributed by atoms with E-state index in [-0.39, 0.29) is 0 Å². The molecular weight excluding hydrogens is 575 g/mol. The average molecular weight is 604 g/mol. The van der Waals surface area contributed by atoms with Crippen LogP contribution < -0.4 is 4.90 Å². The molecule has 8 aromatic carbocycles. The summed E-state index contributed by atoms with van der Waals surface area (Å²) >= 11 is 1.88. The van der Waals surface area contributed by atoms with Gasteiger partial charge >= 0.3 is 0 Å². The molecule has 0 aliphatic carbocycles. The van der Waals surface area contributed by atoms with Crippen molar-refractivity contribution in [2.75, 3.05) is 4.90 Å². The van der Waals surface area contributed by atoms with Crippen LogP contribution in [0.2, 0.25) is 0 Å². The minimum absolute atomic E-state index is 1.12. The van der Waals surface area contributed by atoms with Crippen molar-refractivity contribution in [3.05, 3.63) is 176 Å². The van der Waals surface area contributed by atoms with Crippen molar-refractivity contribution in [3.63, 3.8) is 0 Å². The Morgan fingerprint density at radius 2 is 0.957 bits per heavy atom. The Hall–Kier alpha value is -5.70. The Kier molecular flexibility index (Phi) is 6.40. The summed E-state index contributed by atoms with van der Waals surface area (Å²) in [6, 6.07) is 64.0. The lowest BCUT2D eigenvalue weighted by Gasteiger charge is -2.28. The number of benzene rings is 8. The first-order valence-electron chi connectivity index (χ1n) is 15.7. The predicted molar refractivity (Wildman–Crippen MR) is 200 cm³/mol. The molecule has 1 aromatic heterocycles. The summed E-state index contributed by atoms with van der Waals surface area (Å²) in [6.45, 7) is 0. The van der Waals surface area contributed by atoms with Crippen molar-refractivity contribution in [1.82, 2.24) is 0 Å². The highest BCUT2D eigenvalue weighted by Crippen LogP contribution is 2.45. The van der Waals surface area contributed by atoms with Crippen LogP contribution in [0.1, 0.15) is 0 Å². The highest BCUT2D eigenvalue weighted by Gasteiger charge is 2.19. The molecule has 0 N–H and O–H groups in total. The summed E-state index contributed by atoms with van der Waals surface area (Å²) in [5, 5.41) is 7.62. The van der Waals surface area contributed by atoms with Gasteiger partial charge in [-0.1, -0.05) is 140 Å². The van der Waals surface area contributed by atoms with E-state index < -0.39 is 0 Å². The van der Waals surface area contributed by atoms with E-state index >= 15 is 0 Å². The van der Waals surface area contributed by atoms with Crippen LogP contribution in [0.4, 0.5) is 17.1 Å². The lowest BCUT2D eigenvalue weighted by atomic mass is 9.97. The maximum atomic E-state index is 2.44. The molecule has 1 heterocycles. The zero-order valence-electron chi connectivity index (χ0n) is 25.1. The van der Waals surface area contributed by atoms with E-state index in [1.165, 1.54) is 64.0 Å². The molecule has 0 aliphatic heterocycles. The smallest absolute Gasteiger partial charge is 0.0546 e. The summed E-state index contributed by atoms with van der Waals surface area (Å²) in [6.07, 6.45) is 0. The number of nitrogens with zero attached hydrogens (tertiary/aromatic N) is 1. The third-order valence-electron chi connectivity index (χ3n) is 9.02. The van der Waals surface area contributed by atoms with Crippen LogP contribution >= 0.6 is 11.3 Å². The number of hydrogen-bond acceptors (Lipinski definition) is 2. The Balaban J connectivity index is 1.30. The molecule has 0 saturated heterocycles. The quantitative estimate of drug-likeness (QED) is 0.177. The molecule has 0 bridgehead atoms. The number of hydrogen-bond donors (Lipinski definition) is 0. The van der Waals surface area contributed by atoms with E-state index in [4.69, 9.17) is 0 Å². The van der Waals surface area contributed by atoms with E-state index in [1.54, 1.807) is 0 Å². The summed E-state index contributed by atoms with van der Waals surface area (Å²) in [5.74, 6) is 0. The third-order valence-corrected chi connectivity index (χ3v) is 10.2. The Bertz CT molecular complexity index is 2540. The standard InChI is InChI=1S/C44H29NS/c1-2-13-30(14-3-1)31-16-10-18-34(27-31)45(42-29-33-15-4-5-20-36(33)38-21-6-7-22-39(38)42)35-19-11-17-32(28-35)37-24-12-25-41-40-23-8-9-26-43(40)46-44(37)41/h1-29H. The molecule has 0 spiro atoms.